The number of nitrogens with one attached hydrogen (secondary N) is 1. The Balaban J connectivity index is 1.90. The van der Waals surface area contributed by atoms with Crippen LogP contribution in [0.3, 0.4) is 0 Å². The summed E-state index contributed by atoms with van der Waals surface area (Å²) < 4.78 is 0. The van der Waals surface area contributed by atoms with Gasteiger partial charge in [0.1, 0.15) is 0 Å². The van der Waals surface area contributed by atoms with Gasteiger partial charge >= 0.3 is 0 Å². The second-order valence-corrected chi connectivity index (χ2v) is 5.64. The maximum Gasteiger partial charge on any atom is 0.0798 e. The van der Waals surface area contributed by atoms with Crippen molar-refractivity contribution in [2.45, 2.75) is 31.9 Å². The first-order chi connectivity index (χ1) is 8.57. The zero-order valence-corrected chi connectivity index (χ0v) is 11.4. The van der Waals surface area contributed by atoms with Crippen LogP contribution in [0.1, 0.15) is 24.0 Å². The van der Waals surface area contributed by atoms with Crippen LogP contribution < -0.4 is 5.32 Å². The first-order valence-electron chi connectivity index (χ1n) is 6.75. The summed E-state index contributed by atoms with van der Waals surface area (Å²) in [6.07, 6.45) is 1.70. The van der Waals surface area contributed by atoms with E-state index in [-0.39, 0.29) is 0 Å². The molecule has 18 heavy (non-hydrogen) atoms. The topological polar surface area (TPSA) is 35.5 Å². The summed E-state index contributed by atoms with van der Waals surface area (Å²) in [6.45, 7) is 5.62. The van der Waals surface area contributed by atoms with Crippen LogP contribution in [0.2, 0.25) is 0 Å². The van der Waals surface area contributed by atoms with Crippen LogP contribution in [0, 0.1) is 6.92 Å². The van der Waals surface area contributed by atoms with E-state index in [1.54, 1.807) is 0 Å². The van der Waals surface area contributed by atoms with Crippen LogP contribution in [-0.2, 0) is 6.54 Å². The number of aliphatic hydroxyl groups is 1. The molecule has 1 aromatic rings. The van der Waals surface area contributed by atoms with Crippen molar-refractivity contribution in [2.24, 2.45) is 0 Å². The van der Waals surface area contributed by atoms with Gasteiger partial charge in [-0.3, -0.25) is 4.90 Å². The highest BCUT2D eigenvalue weighted by Gasteiger charge is 2.30. The van der Waals surface area contributed by atoms with Gasteiger partial charge in [-0.1, -0.05) is 29.8 Å². The lowest BCUT2D eigenvalue weighted by molar-refractivity contribution is -0.0168. The SMILES string of the molecule is Cc1cccc(CN(C)CC2(O)CCNCC2)c1. The number of hydrogen-bond donors (Lipinski definition) is 2. The van der Waals surface area contributed by atoms with Crippen molar-refractivity contribution in [3.63, 3.8) is 0 Å². The minimum atomic E-state index is -0.510. The number of likely N-dealkylation sites (N-methyl/N-ethyl adjacent to an activating group) is 1. The number of piperidine rings is 1. The Hall–Kier alpha value is -0.900. The Morgan fingerprint density at radius 3 is 2.72 bits per heavy atom. The van der Waals surface area contributed by atoms with E-state index >= 15 is 0 Å². The van der Waals surface area contributed by atoms with Crippen molar-refractivity contribution >= 4 is 0 Å². The molecule has 1 heterocycles. The quantitative estimate of drug-likeness (QED) is 0.848. The van der Waals surface area contributed by atoms with Gasteiger partial charge in [0.25, 0.3) is 0 Å². The number of rotatable bonds is 4. The normalized spacial score (nSPS) is 19.1. The largest absolute Gasteiger partial charge is 0.388 e. The average Bonchev–Trinajstić information content (AvgIpc) is 2.28. The van der Waals surface area contributed by atoms with E-state index in [0.717, 1.165) is 39.0 Å². The van der Waals surface area contributed by atoms with E-state index in [0.29, 0.717) is 0 Å². The molecule has 0 spiro atoms. The van der Waals surface area contributed by atoms with E-state index in [1.807, 2.05) is 0 Å². The van der Waals surface area contributed by atoms with Crippen molar-refractivity contribution in [3.8, 4) is 0 Å². The Bertz CT molecular complexity index is 386. The number of nitrogens with zero attached hydrogens (tertiary/aromatic N) is 1. The predicted octanol–water partition coefficient (Wildman–Crippen LogP) is 1.54. The molecule has 0 radical (unpaired) electrons. The Morgan fingerprint density at radius 1 is 1.33 bits per heavy atom. The standard InChI is InChI=1S/C15H24N2O/c1-13-4-3-5-14(10-13)11-17(2)12-15(18)6-8-16-9-7-15/h3-5,10,16,18H,6-9,11-12H2,1-2H3. The summed E-state index contributed by atoms with van der Waals surface area (Å²) >= 11 is 0. The third kappa shape index (κ3) is 3.80. The van der Waals surface area contributed by atoms with Gasteiger partial charge in [-0.15, -0.1) is 0 Å². The molecule has 2 rings (SSSR count). The molecule has 100 valence electrons. The monoisotopic (exact) mass is 248 g/mol. The fourth-order valence-corrected chi connectivity index (χ4v) is 2.73. The van der Waals surface area contributed by atoms with E-state index in [1.165, 1.54) is 11.1 Å². The van der Waals surface area contributed by atoms with Crippen LogP contribution in [0.4, 0.5) is 0 Å². The molecular formula is C15H24N2O. The highest BCUT2D eigenvalue weighted by molar-refractivity contribution is 5.22. The summed E-state index contributed by atoms with van der Waals surface area (Å²) in [7, 11) is 2.09. The van der Waals surface area contributed by atoms with Crippen molar-refractivity contribution in [1.82, 2.24) is 10.2 Å². The lowest BCUT2D eigenvalue weighted by Gasteiger charge is -2.36. The summed E-state index contributed by atoms with van der Waals surface area (Å²) in [5, 5.41) is 13.8. The minimum absolute atomic E-state index is 0.510. The molecule has 3 heteroatoms. The molecule has 0 unspecified atom stereocenters. The number of benzene rings is 1. The summed E-state index contributed by atoms with van der Waals surface area (Å²) in [5.41, 5.74) is 2.10. The van der Waals surface area contributed by atoms with E-state index < -0.39 is 5.60 Å². The molecule has 2 N–H and O–H groups in total. The van der Waals surface area contributed by atoms with Crippen molar-refractivity contribution in [1.29, 1.82) is 0 Å². The zero-order valence-electron chi connectivity index (χ0n) is 11.4. The maximum absolute atomic E-state index is 10.5. The lowest BCUT2D eigenvalue weighted by Crippen LogP contribution is -2.48. The molecule has 1 aromatic carbocycles. The summed E-state index contributed by atoms with van der Waals surface area (Å²) in [6, 6.07) is 8.57. The van der Waals surface area contributed by atoms with Crippen molar-refractivity contribution < 1.29 is 5.11 Å². The number of aryl methyl sites for hydroxylation is 1. The second-order valence-electron chi connectivity index (χ2n) is 5.64. The first-order valence-corrected chi connectivity index (χ1v) is 6.75. The third-order valence-electron chi connectivity index (χ3n) is 3.63. The van der Waals surface area contributed by atoms with Gasteiger partial charge in [-0.2, -0.15) is 0 Å². The Kier molecular flexibility index (Phi) is 4.38. The van der Waals surface area contributed by atoms with E-state index in [4.69, 9.17) is 0 Å². The molecular weight excluding hydrogens is 224 g/mol. The van der Waals surface area contributed by atoms with Crippen LogP contribution in [0.5, 0.6) is 0 Å². The molecule has 1 aliphatic heterocycles. The Labute approximate surface area is 110 Å². The van der Waals surface area contributed by atoms with Crippen LogP contribution in [0.25, 0.3) is 0 Å². The van der Waals surface area contributed by atoms with Gasteiger partial charge in [0.2, 0.25) is 0 Å². The molecule has 3 nitrogen and oxygen atoms in total. The maximum atomic E-state index is 10.5. The predicted molar refractivity (Wildman–Crippen MR) is 74.6 cm³/mol. The van der Waals surface area contributed by atoms with Gasteiger partial charge in [0, 0.05) is 13.1 Å². The molecule has 0 amide bonds. The number of hydrogen-bond acceptors (Lipinski definition) is 3. The molecule has 1 saturated heterocycles. The second kappa shape index (κ2) is 5.83. The third-order valence-corrected chi connectivity index (χ3v) is 3.63. The van der Waals surface area contributed by atoms with Crippen molar-refractivity contribution in [2.75, 3.05) is 26.7 Å². The van der Waals surface area contributed by atoms with Gasteiger partial charge in [0.15, 0.2) is 0 Å². The average molecular weight is 248 g/mol. The molecule has 1 aliphatic rings. The molecule has 0 atom stereocenters. The smallest absolute Gasteiger partial charge is 0.0798 e. The van der Waals surface area contributed by atoms with E-state index in [9.17, 15) is 5.11 Å². The zero-order chi connectivity index (χ0) is 13.0. The van der Waals surface area contributed by atoms with Gasteiger partial charge < -0.3 is 10.4 Å². The van der Waals surface area contributed by atoms with Crippen LogP contribution >= 0.6 is 0 Å². The minimum Gasteiger partial charge on any atom is -0.388 e. The highest BCUT2D eigenvalue weighted by Crippen LogP contribution is 2.19. The molecule has 0 saturated carbocycles. The summed E-state index contributed by atoms with van der Waals surface area (Å²) in [5.74, 6) is 0. The molecule has 0 aliphatic carbocycles. The van der Waals surface area contributed by atoms with E-state index in [2.05, 4.69) is 48.5 Å². The lowest BCUT2D eigenvalue weighted by atomic mass is 9.92. The fraction of sp³-hybridized carbons (Fsp3) is 0.600. The highest BCUT2D eigenvalue weighted by atomic mass is 16.3. The van der Waals surface area contributed by atoms with Gasteiger partial charge in [-0.25, -0.2) is 0 Å². The van der Waals surface area contributed by atoms with Gasteiger partial charge in [-0.05, 0) is 45.5 Å². The molecule has 0 bridgehead atoms. The van der Waals surface area contributed by atoms with Gasteiger partial charge in [0.05, 0.1) is 5.60 Å². The van der Waals surface area contributed by atoms with Crippen molar-refractivity contribution in [3.05, 3.63) is 35.4 Å². The first kappa shape index (κ1) is 13.5. The van der Waals surface area contributed by atoms with Crippen LogP contribution in [-0.4, -0.2) is 42.3 Å². The fourth-order valence-electron chi connectivity index (χ4n) is 2.73. The summed E-state index contributed by atoms with van der Waals surface area (Å²) in [4.78, 5) is 2.22. The Morgan fingerprint density at radius 2 is 2.06 bits per heavy atom. The van der Waals surface area contributed by atoms with Crippen LogP contribution in [0.15, 0.2) is 24.3 Å². The molecule has 1 fully saturated rings. The molecule has 0 aromatic heterocycles.